The van der Waals surface area contributed by atoms with Crippen LogP contribution in [0.1, 0.15) is 0 Å². The molecule has 6 aromatic rings. The zero-order chi connectivity index (χ0) is 18.6. The van der Waals surface area contributed by atoms with Gasteiger partial charge in [-0.25, -0.2) is 0 Å². The molecule has 1 nitrogen and oxygen atoms in total. The first-order valence-corrected chi connectivity index (χ1v) is 11.9. The molecule has 0 radical (unpaired) electrons. The zero-order valence-corrected chi connectivity index (χ0v) is 17.8. The molecule has 0 saturated heterocycles. The Labute approximate surface area is 175 Å². The molecule has 0 unspecified atom stereocenters. The number of nitrogens with one attached hydrogen (secondary N) is 1. The van der Waals surface area contributed by atoms with Gasteiger partial charge >= 0.3 is 0 Å². The standard InChI is InChI=1S/C8H7N.C6H4S2.2C4H4S/c1-2-4-8-7(3-1)5-6-9-8;1-3-7-6-2-4-8-5(1)6;2*1-2-4-5-3-1/h1-6,9H;1-4H;2*1-4H. The molecule has 1 aromatic carbocycles. The van der Waals surface area contributed by atoms with E-state index in [9.17, 15) is 0 Å². The number of hydrogen-bond acceptors (Lipinski definition) is 4. The first-order valence-electron chi connectivity index (χ1n) is 8.30. The second kappa shape index (κ2) is 11.5. The minimum Gasteiger partial charge on any atom is -0.361 e. The summed E-state index contributed by atoms with van der Waals surface area (Å²) in [5, 5.41) is 13.7. The molecular weight excluding hydrogens is 407 g/mol. The molecule has 0 aliphatic rings. The van der Waals surface area contributed by atoms with Crippen molar-refractivity contribution in [2.24, 2.45) is 0 Å². The number of hydrogen-bond donors (Lipinski definition) is 1. The number of aromatic nitrogens is 1. The van der Waals surface area contributed by atoms with Crippen molar-refractivity contribution in [3.63, 3.8) is 0 Å². The molecule has 0 fully saturated rings. The summed E-state index contributed by atoms with van der Waals surface area (Å²) < 4.78 is 2.82. The number of benzene rings is 1. The summed E-state index contributed by atoms with van der Waals surface area (Å²) in [6.45, 7) is 0. The number of thiophene rings is 4. The number of fused-ring (bicyclic) bond motifs is 2. The topological polar surface area (TPSA) is 15.8 Å². The van der Waals surface area contributed by atoms with E-state index in [0.717, 1.165) is 0 Å². The molecule has 5 heteroatoms. The molecule has 0 aliphatic carbocycles. The third-order valence-electron chi connectivity index (χ3n) is 3.38. The lowest BCUT2D eigenvalue weighted by Crippen LogP contribution is -1.61. The van der Waals surface area contributed by atoms with E-state index in [-0.39, 0.29) is 0 Å². The quantitative estimate of drug-likeness (QED) is 0.251. The van der Waals surface area contributed by atoms with Gasteiger partial charge in [0.15, 0.2) is 0 Å². The third-order valence-corrected chi connectivity index (χ3v) is 6.54. The first-order chi connectivity index (χ1) is 13.4. The van der Waals surface area contributed by atoms with Crippen molar-refractivity contribution in [3.05, 3.63) is 105 Å². The number of H-pyrrole nitrogens is 1. The Balaban J connectivity index is 0.000000108. The van der Waals surface area contributed by atoms with Crippen LogP contribution in [0.25, 0.3) is 20.3 Å². The predicted molar refractivity (Wildman–Crippen MR) is 127 cm³/mol. The maximum Gasteiger partial charge on any atom is 0.0453 e. The SMILES string of the molecule is c1cc2sccc2s1.c1ccc2[nH]ccc2c1.c1ccsc1.c1ccsc1. The van der Waals surface area contributed by atoms with E-state index in [4.69, 9.17) is 0 Å². The normalized spacial score (nSPS) is 9.48. The van der Waals surface area contributed by atoms with Crippen molar-refractivity contribution >= 4 is 65.6 Å². The van der Waals surface area contributed by atoms with Crippen LogP contribution in [0.2, 0.25) is 0 Å². The Bertz CT molecular complexity index is 940. The van der Waals surface area contributed by atoms with Crippen molar-refractivity contribution < 1.29 is 0 Å². The van der Waals surface area contributed by atoms with Crippen molar-refractivity contribution in [2.75, 3.05) is 0 Å². The van der Waals surface area contributed by atoms with Crippen LogP contribution >= 0.6 is 45.3 Å². The lowest BCUT2D eigenvalue weighted by molar-refractivity contribution is 1.48. The van der Waals surface area contributed by atoms with Gasteiger partial charge in [-0.2, -0.15) is 22.7 Å². The van der Waals surface area contributed by atoms with Crippen LogP contribution in [-0.4, -0.2) is 4.98 Å². The summed E-state index contributed by atoms with van der Waals surface area (Å²) in [6.07, 6.45) is 1.95. The van der Waals surface area contributed by atoms with Gasteiger partial charge in [0, 0.05) is 21.1 Å². The second-order valence-electron chi connectivity index (χ2n) is 5.22. The Hall–Kier alpha value is -2.18. The van der Waals surface area contributed by atoms with Crippen LogP contribution in [0.5, 0.6) is 0 Å². The number of aromatic amines is 1. The molecular formula is C22H19NS4. The molecule has 0 saturated carbocycles. The van der Waals surface area contributed by atoms with E-state index in [2.05, 4.69) is 46.1 Å². The summed E-state index contributed by atoms with van der Waals surface area (Å²) in [5.41, 5.74) is 1.21. The molecule has 0 amide bonds. The highest BCUT2D eigenvalue weighted by molar-refractivity contribution is 7.25. The monoisotopic (exact) mass is 425 g/mol. The average Bonchev–Trinajstić information content (AvgIpc) is 3.53. The Morgan fingerprint density at radius 3 is 1.56 bits per heavy atom. The van der Waals surface area contributed by atoms with Crippen molar-refractivity contribution in [1.29, 1.82) is 0 Å². The van der Waals surface area contributed by atoms with Gasteiger partial charge in [0.1, 0.15) is 0 Å². The Morgan fingerprint density at radius 2 is 1.07 bits per heavy atom. The maximum absolute atomic E-state index is 3.12. The molecule has 136 valence electrons. The summed E-state index contributed by atoms with van der Waals surface area (Å²) in [4.78, 5) is 3.12. The molecule has 1 N–H and O–H groups in total. The van der Waals surface area contributed by atoms with E-state index in [1.807, 2.05) is 64.1 Å². The van der Waals surface area contributed by atoms with E-state index < -0.39 is 0 Å². The van der Waals surface area contributed by atoms with Crippen LogP contribution in [-0.2, 0) is 0 Å². The largest absolute Gasteiger partial charge is 0.361 e. The van der Waals surface area contributed by atoms with Gasteiger partial charge < -0.3 is 4.98 Å². The van der Waals surface area contributed by atoms with Crippen LogP contribution < -0.4 is 0 Å². The molecule has 0 bridgehead atoms. The van der Waals surface area contributed by atoms with Crippen LogP contribution in [0.4, 0.5) is 0 Å². The predicted octanol–water partition coefficient (Wildman–Crippen LogP) is 8.63. The zero-order valence-electron chi connectivity index (χ0n) is 14.5. The lowest BCUT2D eigenvalue weighted by Gasteiger charge is -1.83. The molecule has 5 aromatic heterocycles. The van der Waals surface area contributed by atoms with Crippen molar-refractivity contribution in [3.8, 4) is 0 Å². The van der Waals surface area contributed by atoms with Gasteiger partial charge in [-0.05, 0) is 61.9 Å². The van der Waals surface area contributed by atoms with Crippen LogP contribution in [0.15, 0.2) is 105 Å². The summed E-state index contributed by atoms with van der Waals surface area (Å²) in [6, 6.07) is 22.7. The molecule has 5 heterocycles. The fourth-order valence-corrected chi connectivity index (χ4v) is 4.88. The van der Waals surface area contributed by atoms with Crippen LogP contribution in [0.3, 0.4) is 0 Å². The first kappa shape index (κ1) is 19.6. The number of para-hydroxylation sites is 1. The summed E-state index contributed by atoms with van der Waals surface area (Å²) in [7, 11) is 0. The molecule has 0 atom stereocenters. The van der Waals surface area contributed by atoms with E-state index in [1.54, 1.807) is 45.3 Å². The highest BCUT2D eigenvalue weighted by Gasteiger charge is 1.90. The van der Waals surface area contributed by atoms with Gasteiger partial charge in [-0.1, -0.05) is 42.5 Å². The fraction of sp³-hybridized carbons (Fsp3) is 0. The minimum atomic E-state index is 1.21. The fourth-order valence-electron chi connectivity index (χ4n) is 2.15. The van der Waals surface area contributed by atoms with Gasteiger partial charge in [0.2, 0.25) is 0 Å². The Kier molecular flexibility index (Phi) is 8.35. The van der Waals surface area contributed by atoms with Gasteiger partial charge in [0.05, 0.1) is 0 Å². The summed E-state index contributed by atoms with van der Waals surface area (Å²) in [5.74, 6) is 0. The molecule has 0 aliphatic heterocycles. The number of rotatable bonds is 0. The second-order valence-corrected chi connectivity index (χ2v) is 8.75. The van der Waals surface area contributed by atoms with E-state index >= 15 is 0 Å². The molecule has 0 spiro atoms. The smallest absolute Gasteiger partial charge is 0.0453 e. The average molecular weight is 426 g/mol. The van der Waals surface area contributed by atoms with Gasteiger partial charge in [0.25, 0.3) is 0 Å². The Morgan fingerprint density at radius 1 is 0.519 bits per heavy atom. The lowest BCUT2D eigenvalue weighted by atomic mass is 10.3. The van der Waals surface area contributed by atoms with Gasteiger partial charge in [-0.15, -0.1) is 22.7 Å². The maximum atomic E-state index is 3.12. The van der Waals surface area contributed by atoms with E-state index in [1.165, 1.54) is 20.3 Å². The van der Waals surface area contributed by atoms with Crippen LogP contribution in [0, 0.1) is 0 Å². The highest BCUT2D eigenvalue weighted by Crippen LogP contribution is 2.25. The minimum absolute atomic E-state index is 1.21. The highest BCUT2D eigenvalue weighted by atomic mass is 32.1. The van der Waals surface area contributed by atoms with E-state index in [0.29, 0.717) is 0 Å². The molecule has 27 heavy (non-hydrogen) atoms. The summed E-state index contributed by atoms with van der Waals surface area (Å²) >= 11 is 7.03. The van der Waals surface area contributed by atoms with Crippen molar-refractivity contribution in [2.45, 2.75) is 0 Å². The van der Waals surface area contributed by atoms with Gasteiger partial charge in [-0.3, -0.25) is 0 Å². The molecule has 6 rings (SSSR count). The third kappa shape index (κ3) is 6.81. The van der Waals surface area contributed by atoms with Crippen molar-refractivity contribution in [1.82, 2.24) is 4.98 Å².